The summed E-state index contributed by atoms with van der Waals surface area (Å²) >= 11 is 0. The van der Waals surface area contributed by atoms with E-state index >= 15 is 0 Å². The monoisotopic (exact) mass is 688 g/mol. The second-order valence-electron chi connectivity index (χ2n) is 12.1. The van der Waals surface area contributed by atoms with Gasteiger partial charge in [-0.05, 0) is 95.1 Å². The Labute approximate surface area is 304 Å². The third-order valence-corrected chi connectivity index (χ3v) is 8.29. The summed E-state index contributed by atoms with van der Waals surface area (Å²) in [6.07, 6.45) is 2.21. The molecule has 0 radical (unpaired) electrons. The quantitative estimate of drug-likeness (QED) is 0.0841. The average molecular weight is 689 g/mol. The molecular formula is C44H40N4O4. The lowest BCUT2D eigenvalue weighted by atomic mass is 10.2. The number of ether oxygens (including phenoxy) is 4. The SMILES string of the molecule is C(=NN(Cc1ccccc1)c1ccccc1)c1ccc(OC2OCCOC2Oc2ccc(C=NN(Cc3ccccc3)c3ccccc3)cc2)cc1. The molecule has 8 nitrogen and oxygen atoms in total. The highest BCUT2D eigenvalue weighted by Crippen LogP contribution is 2.23. The molecule has 0 saturated carbocycles. The van der Waals surface area contributed by atoms with Crippen LogP contribution in [0.3, 0.4) is 0 Å². The van der Waals surface area contributed by atoms with E-state index in [1.165, 1.54) is 11.1 Å². The number of hydrogen-bond acceptors (Lipinski definition) is 8. The number of hydrogen-bond donors (Lipinski definition) is 0. The molecule has 1 aliphatic heterocycles. The fourth-order valence-corrected chi connectivity index (χ4v) is 5.58. The predicted octanol–water partition coefficient (Wildman–Crippen LogP) is 8.92. The van der Waals surface area contributed by atoms with Crippen LogP contribution in [0.4, 0.5) is 11.4 Å². The van der Waals surface area contributed by atoms with E-state index in [9.17, 15) is 0 Å². The van der Waals surface area contributed by atoms with Crippen molar-refractivity contribution >= 4 is 23.8 Å². The van der Waals surface area contributed by atoms with Crippen molar-refractivity contribution in [1.82, 2.24) is 0 Å². The van der Waals surface area contributed by atoms with Gasteiger partial charge in [-0.25, -0.2) is 0 Å². The Morgan fingerprint density at radius 3 is 1.17 bits per heavy atom. The van der Waals surface area contributed by atoms with Crippen LogP contribution in [0.25, 0.3) is 0 Å². The number of nitrogens with zero attached hydrogens (tertiary/aromatic N) is 4. The molecule has 7 rings (SSSR count). The summed E-state index contributed by atoms with van der Waals surface area (Å²) in [6, 6.07) is 56.3. The van der Waals surface area contributed by atoms with Gasteiger partial charge in [0, 0.05) is 0 Å². The third-order valence-electron chi connectivity index (χ3n) is 8.29. The number of para-hydroxylation sites is 2. The summed E-state index contributed by atoms with van der Waals surface area (Å²) in [4.78, 5) is 0. The summed E-state index contributed by atoms with van der Waals surface area (Å²) in [5.74, 6) is 1.27. The molecule has 1 heterocycles. The fourth-order valence-electron chi connectivity index (χ4n) is 5.58. The van der Waals surface area contributed by atoms with Crippen LogP contribution in [0.5, 0.6) is 11.5 Å². The summed E-state index contributed by atoms with van der Waals surface area (Å²) in [5, 5.41) is 13.6. The van der Waals surface area contributed by atoms with Gasteiger partial charge < -0.3 is 18.9 Å². The molecule has 0 aliphatic carbocycles. The summed E-state index contributed by atoms with van der Waals surface area (Å²) in [5.41, 5.74) is 6.25. The molecule has 8 heteroatoms. The highest BCUT2D eigenvalue weighted by Gasteiger charge is 2.31. The van der Waals surface area contributed by atoms with Gasteiger partial charge in [-0.3, -0.25) is 10.0 Å². The minimum atomic E-state index is -0.744. The Hall–Kier alpha value is -6.22. The summed E-state index contributed by atoms with van der Waals surface area (Å²) in [7, 11) is 0. The second kappa shape index (κ2) is 17.6. The van der Waals surface area contributed by atoms with Gasteiger partial charge in [0.15, 0.2) is 0 Å². The van der Waals surface area contributed by atoms with Crippen molar-refractivity contribution in [1.29, 1.82) is 0 Å². The zero-order chi connectivity index (χ0) is 35.2. The van der Waals surface area contributed by atoms with Crippen molar-refractivity contribution in [3.8, 4) is 11.5 Å². The molecule has 0 amide bonds. The van der Waals surface area contributed by atoms with Gasteiger partial charge in [-0.15, -0.1) is 0 Å². The first-order valence-corrected chi connectivity index (χ1v) is 17.3. The molecule has 2 atom stereocenters. The molecule has 6 aromatic carbocycles. The molecule has 52 heavy (non-hydrogen) atoms. The predicted molar refractivity (Wildman–Crippen MR) is 207 cm³/mol. The second-order valence-corrected chi connectivity index (χ2v) is 12.1. The molecule has 0 bridgehead atoms. The molecule has 1 saturated heterocycles. The average Bonchev–Trinajstić information content (AvgIpc) is 3.21. The van der Waals surface area contributed by atoms with E-state index in [2.05, 4.69) is 48.5 Å². The van der Waals surface area contributed by atoms with Gasteiger partial charge >= 0.3 is 0 Å². The van der Waals surface area contributed by atoms with Crippen LogP contribution in [0.1, 0.15) is 22.3 Å². The highest BCUT2D eigenvalue weighted by atomic mass is 16.8. The zero-order valence-corrected chi connectivity index (χ0v) is 28.7. The Morgan fingerprint density at radius 1 is 0.462 bits per heavy atom. The Morgan fingerprint density at radius 2 is 0.808 bits per heavy atom. The van der Waals surface area contributed by atoms with Crippen LogP contribution in [0, 0.1) is 0 Å². The molecule has 260 valence electrons. The first-order chi connectivity index (χ1) is 25.7. The van der Waals surface area contributed by atoms with E-state index < -0.39 is 12.6 Å². The normalized spacial score (nSPS) is 15.8. The van der Waals surface area contributed by atoms with Gasteiger partial charge in [-0.2, -0.15) is 10.2 Å². The molecular weight excluding hydrogens is 649 g/mol. The van der Waals surface area contributed by atoms with Crippen molar-refractivity contribution in [3.05, 3.63) is 192 Å². The molecule has 0 N–H and O–H groups in total. The van der Waals surface area contributed by atoms with E-state index in [1.54, 1.807) is 0 Å². The largest absolute Gasteiger partial charge is 0.458 e. The number of rotatable bonds is 14. The van der Waals surface area contributed by atoms with Crippen LogP contribution in [0.15, 0.2) is 180 Å². The topological polar surface area (TPSA) is 68.1 Å². The maximum absolute atomic E-state index is 6.19. The van der Waals surface area contributed by atoms with Gasteiger partial charge in [0.25, 0.3) is 12.6 Å². The minimum Gasteiger partial charge on any atom is -0.458 e. The zero-order valence-electron chi connectivity index (χ0n) is 28.7. The lowest BCUT2D eigenvalue weighted by Gasteiger charge is -2.31. The number of anilines is 2. The number of hydrazone groups is 2. The molecule has 0 aromatic heterocycles. The molecule has 1 aliphatic rings. The van der Waals surface area contributed by atoms with Gasteiger partial charge in [0.05, 0.1) is 50.1 Å². The summed E-state index contributed by atoms with van der Waals surface area (Å²) < 4.78 is 24.2. The van der Waals surface area contributed by atoms with Crippen LogP contribution in [-0.2, 0) is 22.6 Å². The van der Waals surface area contributed by atoms with Gasteiger partial charge in [-0.1, -0.05) is 97.1 Å². The van der Waals surface area contributed by atoms with E-state index in [0.29, 0.717) is 37.8 Å². The highest BCUT2D eigenvalue weighted by molar-refractivity contribution is 5.81. The van der Waals surface area contributed by atoms with Crippen molar-refractivity contribution in [3.63, 3.8) is 0 Å². The van der Waals surface area contributed by atoms with Gasteiger partial charge in [0.1, 0.15) is 11.5 Å². The van der Waals surface area contributed by atoms with Crippen molar-refractivity contribution < 1.29 is 18.9 Å². The Bertz CT molecular complexity index is 1850. The lowest BCUT2D eigenvalue weighted by Crippen LogP contribution is -2.45. The maximum Gasteiger partial charge on any atom is 0.263 e. The first-order valence-electron chi connectivity index (χ1n) is 17.3. The third kappa shape index (κ3) is 9.72. The van der Waals surface area contributed by atoms with Gasteiger partial charge in [0.2, 0.25) is 0 Å². The smallest absolute Gasteiger partial charge is 0.263 e. The van der Waals surface area contributed by atoms with Crippen LogP contribution < -0.4 is 19.5 Å². The first kappa shape index (κ1) is 34.2. The van der Waals surface area contributed by atoms with Crippen LogP contribution in [0.2, 0.25) is 0 Å². The van der Waals surface area contributed by atoms with E-state index in [1.807, 2.05) is 144 Å². The van der Waals surface area contributed by atoms with E-state index in [0.717, 1.165) is 22.5 Å². The van der Waals surface area contributed by atoms with E-state index in [4.69, 9.17) is 29.2 Å². The minimum absolute atomic E-state index is 0.405. The maximum atomic E-state index is 6.19. The molecule has 6 aromatic rings. The summed E-state index contributed by atoms with van der Waals surface area (Å²) in [6.45, 7) is 2.12. The standard InChI is InChI=1S/C44H40N4O4/c1-5-13-37(14-6-1)33-47(39-17-9-3-10-18-39)45-31-35-21-25-41(26-22-35)51-43-44(50-30-29-49-43)52-42-27-23-36(24-28-42)32-46-48(40-19-11-4-12-20-40)34-38-15-7-2-8-16-38/h1-28,31-32,43-44H,29-30,33-34H2. The van der Waals surface area contributed by atoms with Crippen LogP contribution in [-0.4, -0.2) is 38.2 Å². The van der Waals surface area contributed by atoms with Crippen molar-refractivity contribution in [2.24, 2.45) is 10.2 Å². The molecule has 2 unspecified atom stereocenters. The lowest BCUT2D eigenvalue weighted by molar-refractivity contribution is -0.271. The molecule has 1 fully saturated rings. The Balaban J connectivity index is 0.967. The van der Waals surface area contributed by atoms with Crippen LogP contribution >= 0.6 is 0 Å². The van der Waals surface area contributed by atoms with Crippen molar-refractivity contribution in [2.45, 2.75) is 25.7 Å². The number of benzene rings is 6. The Kier molecular flexibility index (Phi) is 11.6. The fraction of sp³-hybridized carbons (Fsp3) is 0.136. The van der Waals surface area contributed by atoms with E-state index in [-0.39, 0.29) is 0 Å². The molecule has 0 spiro atoms. The van der Waals surface area contributed by atoms with Crippen molar-refractivity contribution in [2.75, 3.05) is 23.2 Å².